The maximum absolute atomic E-state index is 12.3. The highest BCUT2D eigenvalue weighted by atomic mass is 16.2. The zero-order chi connectivity index (χ0) is 11.9. The van der Waals surface area contributed by atoms with Gasteiger partial charge in [-0.1, -0.05) is 37.3 Å². The average molecular weight is 228 g/mol. The Morgan fingerprint density at radius 2 is 2.06 bits per heavy atom. The number of amides is 1. The smallest absolute Gasteiger partial charge is 0.249 e. The van der Waals surface area contributed by atoms with Crippen LogP contribution >= 0.6 is 0 Å². The van der Waals surface area contributed by atoms with E-state index in [9.17, 15) is 4.79 Å². The lowest BCUT2D eigenvalue weighted by atomic mass is 10.0. The van der Waals surface area contributed by atoms with Crippen LogP contribution < -0.4 is 0 Å². The van der Waals surface area contributed by atoms with Crippen molar-refractivity contribution in [3.8, 4) is 0 Å². The number of carbonyl (C=O) groups excluding carboxylic acids is 1. The van der Waals surface area contributed by atoms with Gasteiger partial charge in [0, 0.05) is 18.1 Å². The van der Waals surface area contributed by atoms with Gasteiger partial charge >= 0.3 is 0 Å². The monoisotopic (exact) mass is 228 g/mol. The summed E-state index contributed by atoms with van der Waals surface area (Å²) in [5, 5.41) is 5.94. The van der Waals surface area contributed by atoms with Gasteiger partial charge in [0.1, 0.15) is 0 Å². The van der Waals surface area contributed by atoms with Crippen molar-refractivity contribution in [2.45, 2.75) is 32.2 Å². The van der Waals surface area contributed by atoms with E-state index >= 15 is 0 Å². The van der Waals surface area contributed by atoms with Crippen molar-refractivity contribution in [1.82, 2.24) is 5.01 Å². The third-order valence-corrected chi connectivity index (χ3v) is 3.74. The summed E-state index contributed by atoms with van der Waals surface area (Å²) in [6.45, 7) is 2.03. The first kappa shape index (κ1) is 10.5. The maximum atomic E-state index is 12.3. The molecule has 0 N–H and O–H groups in total. The standard InChI is InChI=1S/C14H16N2O/c1-14(8-9-14)13(17)16-12(7-10-15-16)11-5-3-2-4-6-11/h2-6,10,12H,7-9H2,1H3. The van der Waals surface area contributed by atoms with E-state index in [1.54, 1.807) is 5.01 Å². The number of hydrogen-bond donors (Lipinski definition) is 0. The van der Waals surface area contributed by atoms with Gasteiger partial charge in [-0.15, -0.1) is 0 Å². The maximum Gasteiger partial charge on any atom is 0.249 e. The highest BCUT2D eigenvalue weighted by Gasteiger charge is 2.49. The summed E-state index contributed by atoms with van der Waals surface area (Å²) in [6, 6.07) is 10.2. The Morgan fingerprint density at radius 3 is 2.71 bits per heavy atom. The van der Waals surface area contributed by atoms with Crippen LogP contribution in [0.2, 0.25) is 0 Å². The number of rotatable bonds is 2. The van der Waals surface area contributed by atoms with E-state index in [1.807, 2.05) is 31.3 Å². The Morgan fingerprint density at radius 1 is 1.35 bits per heavy atom. The van der Waals surface area contributed by atoms with Crippen molar-refractivity contribution < 1.29 is 4.79 Å². The number of benzene rings is 1. The molecule has 1 fully saturated rings. The molecule has 1 heterocycles. The van der Waals surface area contributed by atoms with Crippen LogP contribution in [0.15, 0.2) is 35.4 Å². The second-order valence-corrected chi connectivity index (χ2v) is 5.17. The van der Waals surface area contributed by atoms with E-state index in [0.717, 1.165) is 19.3 Å². The Bertz CT molecular complexity index is 462. The third kappa shape index (κ3) is 1.75. The fraction of sp³-hybridized carbons (Fsp3) is 0.429. The zero-order valence-electron chi connectivity index (χ0n) is 9.97. The molecule has 3 heteroatoms. The highest BCUT2D eigenvalue weighted by molar-refractivity contribution is 5.87. The van der Waals surface area contributed by atoms with Gasteiger partial charge in [0.25, 0.3) is 0 Å². The molecule has 1 atom stereocenters. The first-order chi connectivity index (χ1) is 8.21. The largest absolute Gasteiger partial charge is 0.272 e. The van der Waals surface area contributed by atoms with Gasteiger partial charge < -0.3 is 0 Å². The molecule has 1 saturated carbocycles. The quantitative estimate of drug-likeness (QED) is 0.766. The second-order valence-electron chi connectivity index (χ2n) is 5.17. The van der Waals surface area contributed by atoms with Crippen LogP contribution in [0.4, 0.5) is 0 Å². The predicted octanol–water partition coefficient (Wildman–Crippen LogP) is 2.75. The van der Waals surface area contributed by atoms with Gasteiger partial charge in [0.2, 0.25) is 5.91 Å². The van der Waals surface area contributed by atoms with Crippen molar-refractivity contribution in [1.29, 1.82) is 0 Å². The summed E-state index contributed by atoms with van der Waals surface area (Å²) in [4.78, 5) is 12.3. The van der Waals surface area contributed by atoms with Crippen molar-refractivity contribution in [2.24, 2.45) is 10.5 Å². The number of hydrogen-bond acceptors (Lipinski definition) is 2. The van der Waals surface area contributed by atoms with Gasteiger partial charge in [-0.25, -0.2) is 5.01 Å². The molecule has 1 aliphatic carbocycles. The Balaban J connectivity index is 1.85. The molecule has 1 unspecified atom stereocenters. The van der Waals surface area contributed by atoms with Crippen molar-refractivity contribution >= 4 is 12.1 Å². The normalized spacial score (nSPS) is 25.0. The van der Waals surface area contributed by atoms with Crippen LogP contribution in [-0.2, 0) is 4.79 Å². The lowest BCUT2D eigenvalue weighted by molar-refractivity contribution is -0.138. The molecule has 2 aliphatic rings. The lowest BCUT2D eigenvalue weighted by Crippen LogP contribution is -2.32. The zero-order valence-corrected chi connectivity index (χ0v) is 9.97. The third-order valence-electron chi connectivity index (χ3n) is 3.74. The molecular weight excluding hydrogens is 212 g/mol. The van der Waals surface area contributed by atoms with E-state index in [4.69, 9.17) is 0 Å². The van der Waals surface area contributed by atoms with Crippen LogP contribution in [0.25, 0.3) is 0 Å². The fourth-order valence-electron chi connectivity index (χ4n) is 2.24. The Kier molecular flexibility index (Phi) is 2.28. The van der Waals surface area contributed by atoms with E-state index < -0.39 is 0 Å². The molecular formula is C14H16N2O. The minimum atomic E-state index is -0.144. The van der Waals surface area contributed by atoms with Gasteiger partial charge in [0.15, 0.2) is 0 Å². The van der Waals surface area contributed by atoms with E-state index in [-0.39, 0.29) is 17.4 Å². The molecule has 0 bridgehead atoms. The summed E-state index contributed by atoms with van der Waals surface area (Å²) < 4.78 is 0. The van der Waals surface area contributed by atoms with Gasteiger partial charge in [-0.05, 0) is 18.4 Å². The SMILES string of the molecule is CC1(C(=O)N2N=CCC2c2ccccc2)CC1. The molecule has 0 saturated heterocycles. The Labute approximate surface area is 101 Å². The van der Waals surface area contributed by atoms with Crippen LogP contribution in [0, 0.1) is 5.41 Å². The molecule has 0 radical (unpaired) electrons. The summed E-state index contributed by atoms with van der Waals surface area (Å²) in [7, 11) is 0. The summed E-state index contributed by atoms with van der Waals surface area (Å²) >= 11 is 0. The number of nitrogens with zero attached hydrogens (tertiary/aromatic N) is 2. The molecule has 88 valence electrons. The average Bonchev–Trinajstić information content (AvgIpc) is 2.95. The van der Waals surface area contributed by atoms with Crippen LogP contribution in [0.1, 0.15) is 37.8 Å². The molecule has 1 amide bonds. The van der Waals surface area contributed by atoms with Gasteiger partial charge in [-0.2, -0.15) is 5.10 Å². The van der Waals surface area contributed by atoms with E-state index in [1.165, 1.54) is 5.56 Å². The van der Waals surface area contributed by atoms with Crippen LogP contribution in [0.3, 0.4) is 0 Å². The molecule has 1 aromatic carbocycles. The summed E-state index contributed by atoms with van der Waals surface area (Å²) in [5.74, 6) is 0.181. The molecule has 0 aromatic heterocycles. The molecule has 3 rings (SSSR count). The molecule has 17 heavy (non-hydrogen) atoms. The summed E-state index contributed by atoms with van der Waals surface area (Å²) in [5.41, 5.74) is 1.02. The van der Waals surface area contributed by atoms with Crippen LogP contribution in [0.5, 0.6) is 0 Å². The highest BCUT2D eigenvalue weighted by Crippen LogP contribution is 2.48. The number of carbonyl (C=O) groups is 1. The lowest BCUT2D eigenvalue weighted by Gasteiger charge is -2.24. The van der Waals surface area contributed by atoms with E-state index in [2.05, 4.69) is 17.2 Å². The fourth-order valence-corrected chi connectivity index (χ4v) is 2.24. The van der Waals surface area contributed by atoms with Gasteiger partial charge in [-0.3, -0.25) is 4.79 Å². The topological polar surface area (TPSA) is 32.7 Å². The molecule has 1 aromatic rings. The predicted molar refractivity (Wildman–Crippen MR) is 66.5 cm³/mol. The molecule has 0 spiro atoms. The van der Waals surface area contributed by atoms with Gasteiger partial charge in [0.05, 0.1) is 6.04 Å². The summed E-state index contributed by atoms with van der Waals surface area (Å²) in [6.07, 6.45) is 4.67. The minimum Gasteiger partial charge on any atom is -0.272 e. The van der Waals surface area contributed by atoms with E-state index in [0.29, 0.717) is 0 Å². The second kappa shape index (κ2) is 3.69. The molecule has 1 aliphatic heterocycles. The number of hydrazone groups is 1. The first-order valence-corrected chi connectivity index (χ1v) is 6.12. The van der Waals surface area contributed by atoms with Crippen LogP contribution in [-0.4, -0.2) is 17.1 Å². The van der Waals surface area contributed by atoms with Crippen molar-refractivity contribution in [3.05, 3.63) is 35.9 Å². The van der Waals surface area contributed by atoms with Crippen molar-refractivity contribution in [3.63, 3.8) is 0 Å². The first-order valence-electron chi connectivity index (χ1n) is 6.12. The molecule has 3 nitrogen and oxygen atoms in total. The minimum absolute atomic E-state index is 0.0983. The van der Waals surface area contributed by atoms with Crippen molar-refractivity contribution in [2.75, 3.05) is 0 Å². The Hall–Kier alpha value is -1.64.